The van der Waals surface area contributed by atoms with E-state index in [2.05, 4.69) is 0 Å². The summed E-state index contributed by atoms with van der Waals surface area (Å²) in [5.41, 5.74) is 0. The Hall–Kier alpha value is -1.30. The first kappa shape index (κ1) is 16.1. The summed E-state index contributed by atoms with van der Waals surface area (Å²) >= 11 is 0. The number of hydrogen-bond acceptors (Lipinski definition) is 1. The first-order chi connectivity index (χ1) is 9.82. The molecular formula is C18H17IOS. The van der Waals surface area contributed by atoms with E-state index in [1.54, 1.807) is 0 Å². The minimum atomic E-state index is -2.18. The Morgan fingerprint density at radius 1 is 0.476 bits per heavy atom. The number of halogens is 1. The van der Waals surface area contributed by atoms with Crippen molar-refractivity contribution in [2.75, 3.05) is 0 Å². The van der Waals surface area contributed by atoms with Gasteiger partial charge < -0.3 is 4.55 Å². The highest BCUT2D eigenvalue weighted by molar-refractivity contribution is 14.0. The monoisotopic (exact) mass is 408 g/mol. The molecule has 0 heterocycles. The van der Waals surface area contributed by atoms with Crippen LogP contribution in [0, 0.1) is 0 Å². The zero-order chi connectivity index (χ0) is 13.8. The van der Waals surface area contributed by atoms with Gasteiger partial charge in [0.05, 0.1) is 0 Å². The van der Waals surface area contributed by atoms with Gasteiger partial charge in [0.2, 0.25) is 0 Å². The predicted octanol–water partition coefficient (Wildman–Crippen LogP) is 6.06. The van der Waals surface area contributed by atoms with Crippen molar-refractivity contribution in [1.82, 2.24) is 0 Å². The maximum absolute atomic E-state index is 11.5. The van der Waals surface area contributed by atoms with Gasteiger partial charge in [0.15, 0.2) is 0 Å². The fourth-order valence-corrected chi connectivity index (χ4v) is 4.73. The molecule has 0 bridgehead atoms. The Bertz CT molecular complexity index is 575. The molecule has 0 saturated carbocycles. The largest absolute Gasteiger partial charge is 0.338 e. The SMILES string of the molecule is I.OS(c1ccccc1)(c1ccccc1)c1ccccc1. The summed E-state index contributed by atoms with van der Waals surface area (Å²) in [6.07, 6.45) is 0. The smallest absolute Gasteiger partial charge is 0.0213 e. The van der Waals surface area contributed by atoms with Gasteiger partial charge in [0, 0.05) is 14.7 Å². The molecular weight excluding hydrogens is 391 g/mol. The molecule has 0 radical (unpaired) electrons. The lowest BCUT2D eigenvalue weighted by molar-refractivity contribution is 0.623. The average molecular weight is 408 g/mol. The van der Waals surface area contributed by atoms with E-state index in [0.717, 1.165) is 14.7 Å². The molecule has 21 heavy (non-hydrogen) atoms. The number of hydrogen-bond donors (Lipinski definition) is 1. The third-order valence-electron chi connectivity index (χ3n) is 3.25. The summed E-state index contributed by atoms with van der Waals surface area (Å²) in [7, 11) is -2.18. The second kappa shape index (κ2) is 7.11. The fraction of sp³-hybridized carbons (Fsp3) is 0. The highest BCUT2D eigenvalue weighted by atomic mass is 127. The molecule has 0 aliphatic carbocycles. The molecule has 0 spiro atoms. The van der Waals surface area contributed by atoms with Crippen molar-refractivity contribution in [1.29, 1.82) is 0 Å². The van der Waals surface area contributed by atoms with Gasteiger partial charge in [-0.2, -0.15) is 0 Å². The number of rotatable bonds is 3. The quantitative estimate of drug-likeness (QED) is 0.523. The molecule has 0 atom stereocenters. The molecule has 1 N–H and O–H groups in total. The van der Waals surface area contributed by atoms with Crippen LogP contribution in [0.3, 0.4) is 0 Å². The van der Waals surface area contributed by atoms with Gasteiger partial charge in [-0.15, -0.1) is 24.0 Å². The van der Waals surface area contributed by atoms with Crippen LogP contribution in [0.25, 0.3) is 0 Å². The summed E-state index contributed by atoms with van der Waals surface area (Å²) in [4.78, 5) is 2.87. The lowest BCUT2D eigenvalue weighted by atomic mass is 10.4. The average Bonchev–Trinajstić information content (AvgIpc) is 2.56. The van der Waals surface area contributed by atoms with E-state index in [9.17, 15) is 4.55 Å². The van der Waals surface area contributed by atoms with Crippen LogP contribution in [0.2, 0.25) is 0 Å². The Balaban J connectivity index is 0.00000161. The normalized spacial score (nSPS) is 11.5. The van der Waals surface area contributed by atoms with Gasteiger partial charge in [-0.3, -0.25) is 0 Å². The van der Waals surface area contributed by atoms with Crippen LogP contribution in [-0.2, 0) is 0 Å². The third-order valence-corrected chi connectivity index (χ3v) is 6.12. The van der Waals surface area contributed by atoms with Crippen molar-refractivity contribution in [3.8, 4) is 0 Å². The summed E-state index contributed by atoms with van der Waals surface area (Å²) in [5.74, 6) is 0. The van der Waals surface area contributed by atoms with Gasteiger partial charge in [-0.05, 0) is 36.4 Å². The maximum atomic E-state index is 11.5. The first-order valence-corrected chi connectivity index (χ1v) is 8.12. The van der Waals surface area contributed by atoms with Crippen molar-refractivity contribution in [3.63, 3.8) is 0 Å². The van der Waals surface area contributed by atoms with E-state index in [-0.39, 0.29) is 24.0 Å². The van der Waals surface area contributed by atoms with E-state index in [0.29, 0.717) is 0 Å². The zero-order valence-electron chi connectivity index (χ0n) is 11.4. The Labute approximate surface area is 144 Å². The van der Waals surface area contributed by atoms with Crippen LogP contribution in [-0.4, -0.2) is 4.55 Å². The molecule has 0 fully saturated rings. The second-order valence-corrected chi connectivity index (χ2v) is 7.09. The molecule has 3 aromatic rings. The van der Waals surface area contributed by atoms with Crippen LogP contribution in [0.4, 0.5) is 0 Å². The Kier molecular flexibility index (Phi) is 5.45. The maximum Gasteiger partial charge on any atom is 0.0213 e. The van der Waals surface area contributed by atoms with Gasteiger partial charge in [0.1, 0.15) is 0 Å². The summed E-state index contributed by atoms with van der Waals surface area (Å²) < 4.78 is 11.5. The van der Waals surface area contributed by atoms with Crippen LogP contribution >= 0.6 is 34.3 Å². The molecule has 0 aliphatic rings. The lowest BCUT2D eigenvalue weighted by Gasteiger charge is -2.35. The van der Waals surface area contributed by atoms with Crippen LogP contribution in [0.5, 0.6) is 0 Å². The van der Waals surface area contributed by atoms with Gasteiger partial charge >= 0.3 is 0 Å². The molecule has 0 amide bonds. The van der Waals surface area contributed by atoms with Gasteiger partial charge in [-0.1, -0.05) is 64.9 Å². The lowest BCUT2D eigenvalue weighted by Crippen LogP contribution is -2.01. The Morgan fingerprint density at radius 3 is 0.952 bits per heavy atom. The van der Waals surface area contributed by atoms with Crippen molar-refractivity contribution in [2.45, 2.75) is 14.7 Å². The second-order valence-electron chi connectivity index (χ2n) is 4.52. The predicted molar refractivity (Wildman–Crippen MR) is 99.8 cm³/mol. The number of benzene rings is 3. The van der Waals surface area contributed by atoms with Gasteiger partial charge in [-0.25, -0.2) is 0 Å². The van der Waals surface area contributed by atoms with Gasteiger partial charge in [0.25, 0.3) is 0 Å². The summed E-state index contributed by atoms with van der Waals surface area (Å²) in [5, 5.41) is 0. The molecule has 0 aromatic heterocycles. The van der Waals surface area contributed by atoms with E-state index < -0.39 is 10.3 Å². The summed E-state index contributed by atoms with van der Waals surface area (Å²) in [6.45, 7) is 0. The molecule has 0 unspecified atom stereocenters. The fourth-order valence-electron chi connectivity index (χ4n) is 2.26. The molecule has 0 saturated heterocycles. The van der Waals surface area contributed by atoms with Crippen molar-refractivity contribution in [2.24, 2.45) is 0 Å². The van der Waals surface area contributed by atoms with Crippen molar-refractivity contribution in [3.05, 3.63) is 91.0 Å². The van der Waals surface area contributed by atoms with Crippen LogP contribution in [0.1, 0.15) is 0 Å². The highest BCUT2D eigenvalue weighted by Gasteiger charge is 2.27. The van der Waals surface area contributed by atoms with Crippen molar-refractivity contribution < 1.29 is 4.55 Å². The molecule has 3 heteroatoms. The standard InChI is InChI=1S/C18H16OS.HI/c19-20(16-10-4-1-5-11-16,17-12-6-2-7-13-17)18-14-8-3-9-15-18;/h1-15,19H;1H. The first-order valence-electron chi connectivity index (χ1n) is 6.53. The van der Waals surface area contributed by atoms with E-state index in [1.165, 1.54) is 0 Å². The molecule has 0 aliphatic heterocycles. The van der Waals surface area contributed by atoms with Crippen LogP contribution < -0.4 is 0 Å². The van der Waals surface area contributed by atoms with Crippen LogP contribution in [0.15, 0.2) is 106 Å². The minimum Gasteiger partial charge on any atom is -0.338 e. The van der Waals surface area contributed by atoms with E-state index in [1.807, 2.05) is 91.0 Å². The Morgan fingerprint density at radius 2 is 0.714 bits per heavy atom. The third kappa shape index (κ3) is 3.15. The molecule has 1 nitrogen and oxygen atoms in total. The minimum absolute atomic E-state index is 0. The zero-order valence-corrected chi connectivity index (χ0v) is 14.6. The van der Waals surface area contributed by atoms with E-state index >= 15 is 0 Å². The van der Waals surface area contributed by atoms with Crippen molar-refractivity contribution >= 4 is 34.3 Å². The molecule has 3 aromatic carbocycles. The molecule has 3 rings (SSSR count). The molecule has 108 valence electrons. The highest BCUT2D eigenvalue weighted by Crippen LogP contribution is 2.64. The topological polar surface area (TPSA) is 20.2 Å². The van der Waals surface area contributed by atoms with E-state index in [4.69, 9.17) is 0 Å². The summed E-state index contributed by atoms with van der Waals surface area (Å²) in [6, 6.07) is 29.7.